The molecule has 0 bridgehead atoms. The summed E-state index contributed by atoms with van der Waals surface area (Å²) in [4.78, 5) is 0. The number of rotatable bonds is 18. The standard InChI is InChI=1S/C132H156Si6/c1-79(2)133(80(3)4,81(5)6)55-49-109-115-61-97-43-37-38-44-98(97)62-116(115)110(50-56-134(82(7)8,83(9)10)84(11)12)122-68-104-74-128-127(73-103(104)67-121(109)122)129-75-105-69-123-111(51-57-135(85(13)14,86(15)16)87(17)18)117-63-99-45-39-40-47-101(99)65-119(117)113(53-59-137(91(25)26,92(27)28)93(29)30)125(123)71-107(105)77-131(129)132-78-108-72-126-114(54-60-138(94(31)32,95(33)34)96(35)36)120-66-102-48-42-41-46-100(102)64-118(120)112(124(126)70-106(108)76-130(128)132)52-58-136(88(19)20,89(21)22)90(23)24/h37-48,61-96H,1-36H3. The fraction of sp³-hybridized carbons (Fsp3) is 0.409. The van der Waals surface area contributed by atoms with Crippen LogP contribution in [0.3, 0.4) is 0 Å². The Labute approximate surface area is 836 Å². The second-order valence-electron chi connectivity index (χ2n) is 47.8. The van der Waals surface area contributed by atoms with Crippen LogP contribution in [-0.2, 0) is 0 Å². The van der Waals surface area contributed by atoms with Crippen molar-refractivity contribution < 1.29 is 0 Å². The summed E-state index contributed by atoms with van der Waals surface area (Å²) in [6.45, 7) is 88.6. The molecule has 0 aliphatic rings. The van der Waals surface area contributed by atoms with Crippen LogP contribution in [0.25, 0.3) is 162 Å². The van der Waals surface area contributed by atoms with Gasteiger partial charge in [0.05, 0.1) is 0 Å². The average Bonchev–Trinajstić information content (AvgIpc) is 0.702. The molecule has 0 saturated heterocycles. The topological polar surface area (TPSA) is 0 Å². The van der Waals surface area contributed by atoms with E-state index in [1.165, 1.54) is 162 Å². The molecule has 0 unspecified atom stereocenters. The van der Waals surface area contributed by atoms with E-state index in [0.29, 0.717) is 99.7 Å². The smallest absolute Gasteiger partial charge is 0.125 e. The third kappa shape index (κ3) is 16.4. The molecule has 0 aliphatic carbocycles. The maximum atomic E-state index is 4.37. The van der Waals surface area contributed by atoms with Crippen molar-refractivity contribution in [1.29, 1.82) is 0 Å². The van der Waals surface area contributed by atoms with Crippen molar-refractivity contribution in [2.75, 3.05) is 0 Å². The molecular weight excluding hydrogens is 1750 g/mol. The highest BCUT2D eigenvalue weighted by molar-refractivity contribution is 6.93. The quantitative estimate of drug-likeness (QED) is 0.0348. The SMILES string of the molecule is CC(C)[Si](C#Cc1c2cc3ccccc3cc2c(C#C[Si](C(C)C)(C(C)C)C(C)C)c2cc3cc4c(cc3cc12)c1cc2cc3c(C#C[Si](C(C)C)(C(C)C)C(C)C)c5cc6ccccc6cc5c(C#C[Si](C(C)C)(C(C)C)C(C)C)c3cc2cc1c1cc2cc3c(C#C[Si](C(C)C)(C(C)C)C(C)C)c5cc6ccccc6cc5c(C#C[Si](C(C)C)(C(C)C)C(C)C)c3cc2cc41)(C(C)C)C(C)C. The molecular formula is C132H156Si6. The molecule has 0 aliphatic heterocycles. The minimum absolute atomic E-state index is 0.446. The van der Waals surface area contributed by atoms with Crippen LogP contribution in [0.1, 0.15) is 283 Å². The zero-order chi connectivity index (χ0) is 99.9. The average molecular weight is 1910 g/mol. The zero-order valence-corrected chi connectivity index (χ0v) is 96.7. The van der Waals surface area contributed by atoms with Crippen LogP contribution in [0.2, 0.25) is 99.7 Å². The summed E-state index contributed by atoms with van der Waals surface area (Å²) in [5.41, 5.74) is 40.9. The van der Waals surface area contributed by atoms with E-state index in [1.54, 1.807) is 0 Å². The zero-order valence-electron chi connectivity index (χ0n) is 90.7. The summed E-state index contributed by atoms with van der Waals surface area (Å²) < 4.78 is 0. The molecule has 0 fully saturated rings. The molecule has 0 heterocycles. The van der Waals surface area contributed by atoms with E-state index in [0.717, 1.165) is 33.4 Å². The third-order valence-electron chi connectivity index (χ3n) is 35.7. The first kappa shape index (κ1) is 101. The lowest BCUT2D eigenvalue weighted by molar-refractivity contribution is 0.838. The third-order valence-corrected chi connectivity index (χ3v) is 73.5. The van der Waals surface area contributed by atoms with E-state index in [2.05, 4.69) is 500 Å². The molecule has 0 spiro atoms. The van der Waals surface area contributed by atoms with Gasteiger partial charge >= 0.3 is 0 Å². The van der Waals surface area contributed by atoms with Crippen molar-refractivity contribution in [1.82, 2.24) is 0 Å². The first-order valence-corrected chi connectivity index (χ1v) is 66.5. The summed E-state index contributed by atoms with van der Waals surface area (Å²) in [5.74, 6) is 25.6. The van der Waals surface area contributed by atoms with E-state index in [1.807, 2.05) is 0 Å². The summed E-state index contributed by atoms with van der Waals surface area (Å²) in [6.07, 6.45) is 0. The predicted molar refractivity (Wildman–Crippen MR) is 637 cm³/mol. The van der Waals surface area contributed by atoms with Crippen LogP contribution >= 0.6 is 0 Å². The highest BCUT2D eigenvalue weighted by atomic mass is 28.3. The van der Waals surface area contributed by atoms with Crippen molar-refractivity contribution >= 4 is 210 Å². The molecule has 0 amide bonds. The van der Waals surface area contributed by atoms with E-state index in [9.17, 15) is 0 Å². The molecule has 0 N–H and O–H groups in total. The van der Waals surface area contributed by atoms with Crippen LogP contribution in [-0.4, -0.2) is 48.4 Å². The van der Waals surface area contributed by atoms with Crippen LogP contribution in [0.4, 0.5) is 0 Å². The molecule has 0 nitrogen and oxygen atoms in total. The van der Waals surface area contributed by atoms with Gasteiger partial charge in [-0.3, -0.25) is 0 Å². The normalized spacial score (nSPS) is 13.2. The second-order valence-corrected chi connectivity index (χ2v) is 81.3. The van der Waals surface area contributed by atoms with Gasteiger partial charge in [-0.1, -0.05) is 358 Å². The minimum atomic E-state index is -2.32. The molecule has 16 aromatic carbocycles. The van der Waals surface area contributed by atoms with Gasteiger partial charge in [0.1, 0.15) is 48.4 Å². The summed E-state index contributed by atoms with van der Waals surface area (Å²) in [7, 11) is -13.9. The van der Waals surface area contributed by atoms with E-state index in [4.69, 9.17) is 0 Å². The second kappa shape index (κ2) is 38.2. The molecule has 6 heteroatoms. The van der Waals surface area contributed by atoms with Crippen molar-refractivity contribution in [2.45, 2.75) is 349 Å². The van der Waals surface area contributed by atoms with Gasteiger partial charge in [0.15, 0.2) is 0 Å². The summed E-state index contributed by atoms with van der Waals surface area (Å²) in [5, 5.41) is 36.0. The van der Waals surface area contributed by atoms with E-state index >= 15 is 0 Å². The number of hydrogen-bond donors (Lipinski definition) is 0. The fourth-order valence-corrected chi connectivity index (χ4v) is 60.1. The van der Waals surface area contributed by atoms with Crippen molar-refractivity contribution in [3.05, 3.63) is 215 Å². The molecule has 138 heavy (non-hydrogen) atoms. The molecule has 16 aromatic rings. The Balaban J connectivity index is 1.16. The van der Waals surface area contributed by atoms with Crippen molar-refractivity contribution in [3.63, 3.8) is 0 Å². The number of fused-ring (bicyclic) bond motifs is 18. The Bertz CT molecular complexity index is 6690. The maximum absolute atomic E-state index is 4.37. The van der Waals surface area contributed by atoms with Gasteiger partial charge in [0, 0.05) is 33.4 Å². The molecule has 0 aromatic heterocycles. The van der Waals surface area contributed by atoms with Gasteiger partial charge in [-0.15, -0.1) is 33.3 Å². The van der Waals surface area contributed by atoms with Gasteiger partial charge < -0.3 is 0 Å². The van der Waals surface area contributed by atoms with Crippen molar-refractivity contribution in [3.8, 4) is 68.8 Å². The lowest BCUT2D eigenvalue weighted by Crippen LogP contribution is -2.43. The van der Waals surface area contributed by atoms with Crippen LogP contribution in [0.15, 0.2) is 182 Å². The lowest BCUT2D eigenvalue weighted by Gasteiger charge is -2.38. The van der Waals surface area contributed by atoms with Crippen LogP contribution in [0.5, 0.6) is 0 Å². The van der Waals surface area contributed by atoms with Gasteiger partial charge in [-0.2, -0.15) is 0 Å². The molecule has 0 radical (unpaired) electrons. The number of benzene rings is 16. The van der Waals surface area contributed by atoms with Gasteiger partial charge in [0.2, 0.25) is 0 Å². The largest absolute Gasteiger partial charge is 0.146 e. The first-order chi connectivity index (χ1) is 65.2. The fourth-order valence-electron chi connectivity index (χ4n) is 28.9. The highest BCUT2D eigenvalue weighted by Crippen LogP contribution is 2.53. The van der Waals surface area contributed by atoms with Crippen LogP contribution in [0, 0.1) is 68.8 Å². The van der Waals surface area contributed by atoms with Crippen molar-refractivity contribution in [2.24, 2.45) is 0 Å². The summed E-state index contributed by atoms with van der Waals surface area (Å²) in [6, 6.07) is 72.9. The lowest BCUT2D eigenvalue weighted by atomic mass is 9.85. The van der Waals surface area contributed by atoms with E-state index < -0.39 is 48.4 Å². The van der Waals surface area contributed by atoms with Crippen LogP contribution < -0.4 is 0 Å². The summed E-state index contributed by atoms with van der Waals surface area (Å²) >= 11 is 0. The molecule has 708 valence electrons. The molecule has 0 atom stereocenters. The monoisotopic (exact) mass is 1910 g/mol. The Kier molecular flexibility index (Phi) is 27.9. The Morgan fingerprint density at radius 1 is 0.123 bits per heavy atom. The Morgan fingerprint density at radius 3 is 0.304 bits per heavy atom. The number of hydrogen-bond acceptors (Lipinski definition) is 0. The first-order valence-electron chi connectivity index (χ1n) is 53.1. The van der Waals surface area contributed by atoms with E-state index in [-0.39, 0.29) is 0 Å². The maximum Gasteiger partial charge on any atom is 0.146 e. The molecule has 0 saturated carbocycles. The van der Waals surface area contributed by atoms with Gasteiger partial charge in [0.25, 0.3) is 0 Å². The predicted octanol–water partition coefficient (Wildman–Crippen LogP) is 40.4. The minimum Gasteiger partial charge on any atom is -0.125 e. The molecule has 16 rings (SSSR count). The van der Waals surface area contributed by atoms with Gasteiger partial charge in [-0.05, 0) is 371 Å². The Morgan fingerprint density at radius 2 is 0.210 bits per heavy atom. The highest BCUT2D eigenvalue weighted by Gasteiger charge is 2.48. The van der Waals surface area contributed by atoms with Gasteiger partial charge in [-0.25, -0.2) is 0 Å². The Hall–Kier alpha value is -9.92.